The van der Waals surface area contributed by atoms with Crippen molar-refractivity contribution in [2.24, 2.45) is 5.92 Å². The van der Waals surface area contributed by atoms with Gasteiger partial charge in [0.2, 0.25) is 0 Å². The predicted octanol–water partition coefficient (Wildman–Crippen LogP) is 6.45. The van der Waals surface area contributed by atoms with Gasteiger partial charge in [-0.1, -0.05) is 67.6 Å². The number of aliphatic hydroxyl groups excluding tert-OH is 1. The van der Waals surface area contributed by atoms with Crippen LogP contribution in [-0.2, 0) is 16.9 Å². The van der Waals surface area contributed by atoms with E-state index in [9.17, 15) is 15.0 Å². The fraction of sp³-hybridized carbons (Fsp3) is 0.433. The molecule has 0 bridgehead atoms. The van der Waals surface area contributed by atoms with Gasteiger partial charge in [-0.05, 0) is 55.0 Å². The van der Waals surface area contributed by atoms with Crippen molar-refractivity contribution in [1.82, 2.24) is 14.9 Å². The van der Waals surface area contributed by atoms with Gasteiger partial charge in [-0.15, -0.1) is 0 Å². The fourth-order valence-electron chi connectivity index (χ4n) is 5.50. The van der Waals surface area contributed by atoms with Gasteiger partial charge in [-0.25, -0.2) is 14.4 Å². The number of halogens is 3. The summed E-state index contributed by atoms with van der Waals surface area (Å²) in [5, 5.41) is 22.0. The van der Waals surface area contributed by atoms with Crippen molar-refractivity contribution >= 4 is 29.1 Å². The summed E-state index contributed by atoms with van der Waals surface area (Å²) in [4.78, 5) is 23.0. The molecule has 2 atom stereocenters. The Morgan fingerprint density at radius 2 is 1.75 bits per heavy atom. The zero-order chi connectivity index (χ0) is 28.7. The van der Waals surface area contributed by atoms with E-state index in [1.165, 1.54) is 23.4 Å². The second-order valence-electron chi connectivity index (χ2n) is 10.0. The number of nitrogens with zero attached hydrogens (tertiary/aromatic N) is 3. The van der Waals surface area contributed by atoms with Gasteiger partial charge in [0.05, 0.1) is 35.9 Å². The maximum Gasteiger partial charge on any atom is 0.257 e. The van der Waals surface area contributed by atoms with Crippen LogP contribution in [0, 0.1) is 11.7 Å². The summed E-state index contributed by atoms with van der Waals surface area (Å²) >= 11 is 11.4. The van der Waals surface area contributed by atoms with Gasteiger partial charge >= 0.3 is 0 Å². The quantitative estimate of drug-likeness (QED) is 0.313. The Morgan fingerprint density at radius 3 is 2.33 bits per heavy atom. The molecule has 1 aliphatic carbocycles. The van der Waals surface area contributed by atoms with Crippen LogP contribution in [0.5, 0.6) is 0 Å². The topological polar surface area (TPSA) is 95.8 Å². The molecule has 1 fully saturated rings. The van der Waals surface area contributed by atoms with Crippen molar-refractivity contribution in [2.45, 2.75) is 63.8 Å². The van der Waals surface area contributed by atoms with Gasteiger partial charge in [0.25, 0.3) is 5.91 Å². The van der Waals surface area contributed by atoms with Crippen molar-refractivity contribution in [3.8, 4) is 0 Å². The van der Waals surface area contributed by atoms with E-state index in [4.69, 9.17) is 27.9 Å². The molecule has 0 radical (unpaired) electrons. The van der Waals surface area contributed by atoms with Crippen LogP contribution in [0.3, 0.4) is 0 Å². The number of carbonyl (C=O) groups excluding carboxylic acids is 1. The monoisotopic (exact) mass is 589 g/mol. The molecule has 3 aromatic rings. The fourth-order valence-corrected chi connectivity index (χ4v) is 5.74. The molecule has 2 aliphatic rings. The Labute approximate surface area is 243 Å². The molecule has 10 heteroatoms. The summed E-state index contributed by atoms with van der Waals surface area (Å²) in [7, 11) is 0. The van der Waals surface area contributed by atoms with Crippen molar-refractivity contribution in [2.75, 3.05) is 13.2 Å². The standard InChI is InChI=1S/C24H29ClFN3O4.C6H5Cl/c1-2-24(32,15-6-4-3-5-7-15)16-10-18-21(19(26)11-16)23(33-9-8-30)29(22(18)31)14-20-27-12-17(25)13-28-20;7-6-4-2-1-3-5-6/h10-13,15,23,30,32H,2-9,14H2,1H3;1-5H/t23-,24?;/m1./s1. The van der Waals surface area contributed by atoms with Gasteiger partial charge in [-0.3, -0.25) is 4.79 Å². The third-order valence-corrected chi connectivity index (χ3v) is 8.00. The van der Waals surface area contributed by atoms with Crippen molar-refractivity contribution < 1.29 is 24.1 Å². The number of rotatable bonds is 8. The predicted molar refractivity (Wildman–Crippen MR) is 151 cm³/mol. The number of benzene rings is 2. The zero-order valence-corrected chi connectivity index (χ0v) is 23.9. The minimum Gasteiger partial charge on any atom is -0.394 e. The van der Waals surface area contributed by atoms with Crippen molar-refractivity contribution in [1.29, 1.82) is 0 Å². The zero-order valence-electron chi connectivity index (χ0n) is 22.4. The number of amides is 1. The summed E-state index contributed by atoms with van der Waals surface area (Å²) in [5.41, 5.74) is -0.519. The van der Waals surface area contributed by atoms with E-state index >= 15 is 4.39 Å². The lowest BCUT2D eigenvalue weighted by Crippen LogP contribution is -2.36. The molecular weight excluding hydrogens is 556 g/mol. The summed E-state index contributed by atoms with van der Waals surface area (Å²) in [6, 6.07) is 12.4. The van der Waals surface area contributed by atoms with Crippen LogP contribution < -0.4 is 0 Å². The molecule has 2 aromatic carbocycles. The van der Waals surface area contributed by atoms with Crippen LogP contribution in [0.25, 0.3) is 0 Å². The van der Waals surface area contributed by atoms with Crippen LogP contribution in [0.15, 0.2) is 54.9 Å². The van der Waals surface area contributed by atoms with Crippen molar-refractivity contribution in [3.05, 3.63) is 93.2 Å². The molecule has 1 unspecified atom stereocenters. The molecule has 214 valence electrons. The van der Waals surface area contributed by atoms with E-state index in [1.54, 1.807) is 6.07 Å². The normalized spacial score (nSPS) is 18.6. The van der Waals surface area contributed by atoms with Gasteiger partial charge in [-0.2, -0.15) is 0 Å². The van der Waals surface area contributed by atoms with Gasteiger partial charge in [0, 0.05) is 23.0 Å². The number of hydrogen-bond donors (Lipinski definition) is 2. The molecule has 2 heterocycles. The third-order valence-electron chi connectivity index (χ3n) is 7.56. The van der Waals surface area contributed by atoms with Crippen LogP contribution >= 0.6 is 23.2 Å². The minimum absolute atomic E-state index is 0.0176. The third kappa shape index (κ3) is 6.81. The first-order valence-corrected chi connectivity index (χ1v) is 14.3. The highest BCUT2D eigenvalue weighted by Gasteiger charge is 2.44. The van der Waals surface area contributed by atoms with Crippen LogP contribution in [0.1, 0.15) is 79.0 Å². The molecule has 40 heavy (non-hydrogen) atoms. The Kier molecular flexibility index (Phi) is 10.5. The Bertz CT molecular complexity index is 1280. The Balaban J connectivity index is 0.000000461. The summed E-state index contributed by atoms with van der Waals surface area (Å²) in [6.45, 7) is 1.52. The largest absolute Gasteiger partial charge is 0.394 e. The second kappa shape index (κ2) is 13.8. The van der Waals surface area contributed by atoms with E-state index < -0.39 is 23.6 Å². The molecule has 1 aliphatic heterocycles. The van der Waals surface area contributed by atoms with E-state index in [-0.39, 0.29) is 36.8 Å². The Hall–Kier alpha value is -2.62. The number of aliphatic hydroxyl groups is 2. The van der Waals surface area contributed by atoms with E-state index in [2.05, 4.69) is 9.97 Å². The lowest BCUT2D eigenvalue weighted by Gasteiger charge is -2.38. The first kappa shape index (κ1) is 30.3. The summed E-state index contributed by atoms with van der Waals surface area (Å²) in [6.07, 6.45) is 7.19. The molecule has 5 rings (SSSR count). The highest BCUT2D eigenvalue weighted by molar-refractivity contribution is 6.30. The van der Waals surface area contributed by atoms with E-state index in [0.29, 0.717) is 22.8 Å². The molecular formula is C30H34Cl2FN3O4. The number of ether oxygens (including phenoxy) is 1. The van der Waals surface area contributed by atoms with Crippen LogP contribution in [-0.4, -0.2) is 44.2 Å². The van der Waals surface area contributed by atoms with Gasteiger partial charge in [0.15, 0.2) is 6.23 Å². The smallest absolute Gasteiger partial charge is 0.257 e. The molecule has 0 spiro atoms. The number of hydrogen-bond acceptors (Lipinski definition) is 6. The number of carbonyl (C=O) groups is 1. The van der Waals surface area contributed by atoms with Crippen LogP contribution in [0.2, 0.25) is 10.0 Å². The van der Waals surface area contributed by atoms with Gasteiger partial charge < -0.3 is 19.8 Å². The Morgan fingerprint density at radius 1 is 1.07 bits per heavy atom. The molecule has 1 amide bonds. The SMILES string of the molecule is CCC(O)(c1cc(F)c2c(c1)C(=O)N(Cc1ncc(Cl)cn1)[C@@H]2OCCO)C1CCCCC1.Clc1ccccc1. The van der Waals surface area contributed by atoms with E-state index in [1.807, 2.05) is 37.3 Å². The van der Waals surface area contributed by atoms with Gasteiger partial charge in [0.1, 0.15) is 11.6 Å². The maximum absolute atomic E-state index is 15.5. The lowest BCUT2D eigenvalue weighted by atomic mass is 9.71. The van der Waals surface area contributed by atoms with E-state index in [0.717, 1.165) is 37.1 Å². The summed E-state index contributed by atoms with van der Waals surface area (Å²) in [5.74, 6) is -0.702. The average Bonchev–Trinajstić information content (AvgIpc) is 3.24. The molecule has 1 aromatic heterocycles. The molecule has 2 N–H and O–H groups in total. The average molecular weight is 591 g/mol. The maximum atomic E-state index is 15.5. The summed E-state index contributed by atoms with van der Waals surface area (Å²) < 4.78 is 21.2. The number of fused-ring (bicyclic) bond motifs is 1. The van der Waals surface area contributed by atoms with Crippen molar-refractivity contribution in [3.63, 3.8) is 0 Å². The highest BCUT2D eigenvalue weighted by Crippen LogP contribution is 2.45. The first-order valence-electron chi connectivity index (χ1n) is 13.5. The lowest BCUT2D eigenvalue weighted by molar-refractivity contribution is -0.0556. The first-order chi connectivity index (χ1) is 19.3. The second-order valence-corrected chi connectivity index (χ2v) is 10.9. The molecule has 7 nitrogen and oxygen atoms in total. The minimum atomic E-state index is -1.20. The number of aromatic nitrogens is 2. The molecule has 1 saturated carbocycles. The van der Waals surface area contributed by atoms with Crippen LogP contribution in [0.4, 0.5) is 4.39 Å². The molecule has 0 saturated heterocycles. The highest BCUT2D eigenvalue weighted by atomic mass is 35.5.